The zero-order chi connectivity index (χ0) is 31.2. The van der Waals surface area contributed by atoms with Gasteiger partial charge in [0.05, 0.1) is 0 Å². The van der Waals surface area contributed by atoms with Gasteiger partial charge < -0.3 is 4.74 Å². The molecule has 1 aliphatic carbocycles. The Kier molecular flexibility index (Phi) is 5.62. The van der Waals surface area contributed by atoms with Crippen LogP contribution in [0.25, 0.3) is 78.2 Å². The molecule has 0 atom stereocenters. The fraction of sp³-hybridized carbons (Fsp3) is 0.0667. The lowest BCUT2D eigenvalue weighted by molar-refractivity contribution is 0.487. The van der Waals surface area contributed by atoms with Crippen LogP contribution in [0.15, 0.2) is 134 Å². The number of para-hydroxylation sites is 1. The molecule has 7 aromatic carbocycles. The first-order valence-corrected chi connectivity index (χ1v) is 15.9. The van der Waals surface area contributed by atoms with Crippen LogP contribution >= 0.6 is 0 Å². The van der Waals surface area contributed by atoms with E-state index in [9.17, 15) is 0 Å². The molecule has 0 saturated heterocycles. The minimum atomic E-state index is -0.0157. The molecule has 0 N–H and O–H groups in total. The molecule has 2 aliphatic rings. The fourth-order valence-electron chi connectivity index (χ4n) is 7.81. The Bertz CT molecular complexity index is 2460. The van der Waals surface area contributed by atoms with E-state index in [1.54, 1.807) is 0 Å². The summed E-state index contributed by atoms with van der Waals surface area (Å²) < 4.78 is 6.41. The van der Waals surface area contributed by atoms with Gasteiger partial charge in [-0.3, -0.25) is 0 Å². The highest BCUT2D eigenvalue weighted by Gasteiger charge is 2.35. The Balaban J connectivity index is 1.16. The van der Waals surface area contributed by atoms with Gasteiger partial charge in [-0.2, -0.15) is 0 Å². The van der Waals surface area contributed by atoms with Gasteiger partial charge in [0, 0.05) is 16.4 Å². The van der Waals surface area contributed by atoms with Crippen molar-refractivity contribution in [1.29, 1.82) is 0 Å². The second-order valence-electron chi connectivity index (χ2n) is 13.0. The highest BCUT2D eigenvalue weighted by Crippen LogP contribution is 2.51. The molecule has 1 nitrogen and oxygen atoms in total. The van der Waals surface area contributed by atoms with Crippen LogP contribution in [0.2, 0.25) is 0 Å². The molecule has 0 unspecified atom stereocenters. The minimum Gasteiger partial charge on any atom is -0.456 e. The topological polar surface area (TPSA) is 9.23 Å². The Morgan fingerprint density at radius 3 is 1.93 bits per heavy atom. The summed E-state index contributed by atoms with van der Waals surface area (Å²) in [5, 5.41) is 4.70. The SMILES string of the molecule is C=Cc1cc2c3c(cc(-c4ccc5cc(-c6ccc7c(c6)C(C)(C)c6ccccc6-7)ccc5c4)cc3c1C=C)-c1ccccc1O2. The fourth-order valence-corrected chi connectivity index (χ4v) is 7.81. The van der Waals surface area contributed by atoms with E-state index in [1.807, 2.05) is 24.3 Å². The van der Waals surface area contributed by atoms with Crippen molar-refractivity contribution in [3.8, 4) is 56.0 Å². The summed E-state index contributed by atoms with van der Waals surface area (Å²) in [4.78, 5) is 0. The first-order valence-electron chi connectivity index (χ1n) is 15.9. The largest absolute Gasteiger partial charge is 0.456 e. The van der Waals surface area contributed by atoms with Crippen molar-refractivity contribution >= 4 is 33.7 Å². The van der Waals surface area contributed by atoms with Crippen LogP contribution in [0, 0.1) is 0 Å². The molecule has 7 aromatic rings. The number of fused-ring (bicyclic) bond motifs is 6. The predicted octanol–water partition coefficient (Wildman–Crippen LogP) is 12.7. The van der Waals surface area contributed by atoms with Crippen molar-refractivity contribution in [2.24, 2.45) is 0 Å². The maximum absolute atomic E-state index is 6.41. The smallest absolute Gasteiger partial charge is 0.136 e. The van der Waals surface area contributed by atoms with Gasteiger partial charge in [0.15, 0.2) is 0 Å². The van der Waals surface area contributed by atoms with Crippen LogP contribution in [-0.4, -0.2) is 0 Å². The molecular formula is C45H32O. The summed E-state index contributed by atoms with van der Waals surface area (Å²) >= 11 is 0. The van der Waals surface area contributed by atoms with Gasteiger partial charge in [-0.25, -0.2) is 0 Å². The lowest BCUT2D eigenvalue weighted by Gasteiger charge is -2.24. The number of ether oxygens (including phenoxy) is 1. The maximum atomic E-state index is 6.41. The maximum Gasteiger partial charge on any atom is 0.136 e. The summed E-state index contributed by atoms with van der Waals surface area (Å²) in [6.45, 7) is 12.9. The average molecular weight is 589 g/mol. The molecular weight excluding hydrogens is 556 g/mol. The number of benzene rings is 7. The first-order chi connectivity index (χ1) is 22.4. The predicted molar refractivity (Wildman–Crippen MR) is 196 cm³/mol. The molecule has 218 valence electrons. The molecule has 0 saturated carbocycles. The van der Waals surface area contributed by atoms with E-state index in [0.29, 0.717) is 0 Å². The van der Waals surface area contributed by atoms with Gasteiger partial charge in [0.2, 0.25) is 0 Å². The van der Waals surface area contributed by atoms with E-state index in [-0.39, 0.29) is 5.41 Å². The minimum absolute atomic E-state index is 0.0157. The van der Waals surface area contributed by atoms with Crippen LogP contribution in [0.3, 0.4) is 0 Å². The average Bonchev–Trinajstić information content (AvgIpc) is 3.33. The molecule has 9 rings (SSSR count). The van der Waals surface area contributed by atoms with Crippen LogP contribution in [0.4, 0.5) is 0 Å². The van der Waals surface area contributed by atoms with E-state index in [1.165, 1.54) is 60.8 Å². The van der Waals surface area contributed by atoms with Crippen LogP contribution in [-0.2, 0) is 5.41 Å². The zero-order valence-corrected chi connectivity index (χ0v) is 26.0. The van der Waals surface area contributed by atoms with E-state index in [0.717, 1.165) is 39.0 Å². The molecule has 0 bridgehead atoms. The van der Waals surface area contributed by atoms with Crippen molar-refractivity contribution < 1.29 is 4.74 Å². The first kappa shape index (κ1) is 26.7. The second kappa shape index (κ2) is 9.67. The highest BCUT2D eigenvalue weighted by molar-refractivity contribution is 6.10. The zero-order valence-electron chi connectivity index (χ0n) is 26.0. The molecule has 0 spiro atoms. The summed E-state index contributed by atoms with van der Waals surface area (Å²) in [7, 11) is 0. The van der Waals surface area contributed by atoms with E-state index < -0.39 is 0 Å². The number of hydrogen-bond acceptors (Lipinski definition) is 1. The third-order valence-corrected chi connectivity index (χ3v) is 10.2. The quantitative estimate of drug-likeness (QED) is 0.199. The standard InChI is InChI=1S/C45H32O/c1-5-27-26-43-44-38(34(27)6-2)23-33(24-39(44)37-12-8-10-14-42(37)46-43)31-18-17-28-21-30(16-15-29(28)22-31)32-19-20-36-35-11-7-9-13-40(35)45(3,4)41(36)25-32/h5-26H,1-2H2,3-4H3. The molecule has 0 aromatic heterocycles. The summed E-state index contributed by atoms with van der Waals surface area (Å²) in [6.07, 6.45) is 3.82. The number of rotatable bonds is 4. The normalized spacial score (nSPS) is 13.5. The van der Waals surface area contributed by atoms with Gasteiger partial charge in [-0.05, 0) is 120 Å². The van der Waals surface area contributed by atoms with Crippen molar-refractivity contribution in [1.82, 2.24) is 0 Å². The van der Waals surface area contributed by atoms with Gasteiger partial charge in [-0.1, -0.05) is 118 Å². The summed E-state index contributed by atoms with van der Waals surface area (Å²) in [5.74, 6) is 1.74. The van der Waals surface area contributed by atoms with Gasteiger partial charge in [-0.15, -0.1) is 0 Å². The Morgan fingerprint density at radius 2 is 1.17 bits per heavy atom. The van der Waals surface area contributed by atoms with Crippen LogP contribution in [0.1, 0.15) is 36.1 Å². The summed E-state index contributed by atoms with van der Waals surface area (Å²) in [5.41, 5.74) is 14.7. The van der Waals surface area contributed by atoms with Crippen molar-refractivity contribution in [3.05, 3.63) is 157 Å². The van der Waals surface area contributed by atoms with Crippen LogP contribution in [0.5, 0.6) is 11.5 Å². The second-order valence-corrected chi connectivity index (χ2v) is 13.0. The van der Waals surface area contributed by atoms with Gasteiger partial charge in [0.25, 0.3) is 0 Å². The Hall–Kier alpha value is -5.66. The molecule has 1 aliphatic heterocycles. The molecule has 46 heavy (non-hydrogen) atoms. The van der Waals surface area contributed by atoms with Crippen molar-refractivity contribution in [2.75, 3.05) is 0 Å². The van der Waals surface area contributed by atoms with Crippen molar-refractivity contribution in [2.45, 2.75) is 19.3 Å². The van der Waals surface area contributed by atoms with E-state index in [2.05, 4.69) is 136 Å². The van der Waals surface area contributed by atoms with Gasteiger partial charge >= 0.3 is 0 Å². The molecule has 0 amide bonds. The Morgan fingerprint density at radius 1 is 0.522 bits per heavy atom. The van der Waals surface area contributed by atoms with E-state index >= 15 is 0 Å². The monoisotopic (exact) mass is 588 g/mol. The third-order valence-electron chi connectivity index (χ3n) is 10.2. The highest BCUT2D eigenvalue weighted by atomic mass is 16.5. The third kappa shape index (κ3) is 3.75. The summed E-state index contributed by atoms with van der Waals surface area (Å²) in [6, 6.07) is 44.4. The van der Waals surface area contributed by atoms with Gasteiger partial charge in [0.1, 0.15) is 11.5 Å². The molecule has 1 heterocycles. The number of hydrogen-bond donors (Lipinski definition) is 0. The van der Waals surface area contributed by atoms with Crippen molar-refractivity contribution in [3.63, 3.8) is 0 Å². The lowest BCUT2D eigenvalue weighted by Crippen LogP contribution is -2.14. The molecule has 0 radical (unpaired) electrons. The Labute approximate surface area is 269 Å². The van der Waals surface area contributed by atoms with Crippen LogP contribution < -0.4 is 4.74 Å². The molecule has 1 heteroatoms. The van der Waals surface area contributed by atoms with E-state index in [4.69, 9.17) is 4.74 Å². The molecule has 0 fully saturated rings. The lowest BCUT2D eigenvalue weighted by atomic mass is 9.81.